The van der Waals surface area contributed by atoms with Gasteiger partial charge >= 0.3 is 5.97 Å². The summed E-state index contributed by atoms with van der Waals surface area (Å²) >= 11 is 0.938. The molecule has 0 bridgehead atoms. The van der Waals surface area contributed by atoms with Crippen LogP contribution in [0.2, 0.25) is 0 Å². The molecule has 0 atom stereocenters. The summed E-state index contributed by atoms with van der Waals surface area (Å²) in [7, 11) is 0. The fourth-order valence-electron chi connectivity index (χ4n) is 3.82. The summed E-state index contributed by atoms with van der Waals surface area (Å²) < 4.78 is 47.7. The number of benzene rings is 3. The molecule has 0 saturated carbocycles. The number of carbonyl (C=O) groups excluding carboxylic acids is 1. The van der Waals surface area contributed by atoms with Crippen LogP contribution in [-0.4, -0.2) is 15.9 Å². The van der Waals surface area contributed by atoms with Gasteiger partial charge in [0.1, 0.15) is 17.0 Å². The number of carbonyl (C=O) groups is 1. The average Bonchev–Trinajstić information content (AvgIpc) is 3.28. The lowest BCUT2D eigenvalue weighted by molar-refractivity contribution is -0.131. The highest BCUT2D eigenvalue weighted by atomic mass is 32.1. The van der Waals surface area contributed by atoms with Crippen molar-refractivity contribution in [3.8, 4) is 28.3 Å². The number of fused-ring (bicyclic) bond motifs is 1. The second kappa shape index (κ2) is 9.31. The topological polar surface area (TPSA) is 52.1 Å². The van der Waals surface area contributed by atoms with Gasteiger partial charge in [0.15, 0.2) is 17.4 Å². The molecule has 0 unspecified atom stereocenters. The van der Waals surface area contributed by atoms with Gasteiger partial charge < -0.3 is 4.74 Å². The molecule has 0 spiro atoms. The number of aromatic nitrogens is 2. The van der Waals surface area contributed by atoms with Crippen molar-refractivity contribution in [1.29, 1.82) is 0 Å². The van der Waals surface area contributed by atoms with Gasteiger partial charge in [0, 0.05) is 30.5 Å². The first kappa shape index (κ1) is 22.7. The van der Waals surface area contributed by atoms with Crippen LogP contribution in [0.3, 0.4) is 0 Å². The SMILES string of the molecule is CC(=O)Oc1cc(Cc2nc3c(F)c(F)cc(F)c3s2)c(-c2ccccc2)nc1-c1ccccc1. The lowest BCUT2D eigenvalue weighted by Crippen LogP contribution is -2.06. The van der Waals surface area contributed by atoms with Gasteiger partial charge in [0.25, 0.3) is 0 Å². The molecule has 2 aromatic heterocycles. The number of rotatable bonds is 5. The number of esters is 1. The lowest BCUT2D eigenvalue weighted by Gasteiger charge is -2.15. The minimum atomic E-state index is -1.29. The molecule has 3 aromatic carbocycles. The maximum atomic E-state index is 14.3. The molecule has 5 aromatic rings. The highest BCUT2D eigenvalue weighted by Gasteiger charge is 2.21. The molecule has 0 N–H and O–H groups in total. The highest BCUT2D eigenvalue weighted by Crippen LogP contribution is 2.37. The molecule has 5 rings (SSSR count). The molecule has 0 saturated heterocycles. The van der Waals surface area contributed by atoms with Crippen molar-refractivity contribution >= 4 is 27.5 Å². The summed E-state index contributed by atoms with van der Waals surface area (Å²) in [4.78, 5) is 20.9. The van der Waals surface area contributed by atoms with Crippen molar-refractivity contribution in [3.05, 3.63) is 101 Å². The van der Waals surface area contributed by atoms with E-state index in [0.717, 1.165) is 22.5 Å². The molecular formula is C27H17F3N2O2S. The van der Waals surface area contributed by atoms with Crippen molar-refractivity contribution in [1.82, 2.24) is 9.97 Å². The maximum Gasteiger partial charge on any atom is 0.308 e. The first-order valence-electron chi connectivity index (χ1n) is 10.7. The second-order valence-electron chi connectivity index (χ2n) is 7.78. The van der Waals surface area contributed by atoms with Crippen LogP contribution in [0, 0.1) is 17.5 Å². The van der Waals surface area contributed by atoms with E-state index in [1.807, 2.05) is 60.7 Å². The fourth-order valence-corrected chi connectivity index (χ4v) is 4.81. The Kier molecular flexibility index (Phi) is 6.05. The Balaban J connectivity index is 1.70. The van der Waals surface area contributed by atoms with Gasteiger partial charge in [-0.1, -0.05) is 60.7 Å². The molecule has 0 aliphatic heterocycles. The van der Waals surface area contributed by atoms with Crippen molar-refractivity contribution in [2.75, 3.05) is 0 Å². The van der Waals surface area contributed by atoms with Gasteiger partial charge in [0.2, 0.25) is 0 Å². The normalized spacial score (nSPS) is 11.1. The number of hydrogen-bond donors (Lipinski definition) is 0. The first-order chi connectivity index (χ1) is 16.9. The van der Waals surface area contributed by atoms with Crippen LogP contribution >= 0.6 is 11.3 Å². The van der Waals surface area contributed by atoms with Gasteiger partial charge in [-0.3, -0.25) is 4.79 Å². The van der Waals surface area contributed by atoms with E-state index < -0.39 is 23.4 Å². The second-order valence-corrected chi connectivity index (χ2v) is 8.87. The molecule has 0 aliphatic rings. The maximum absolute atomic E-state index is 14.3. The Labute approximate surface area is 202 Å². The van der Waals surface area contributed by atoms with E-state index in [2.05, 4.69) is 4.98 Å². The Bertz CT molecular complexity index is 1550. The van der Waals surface area contributed by atoms with Crippen LogP contribution in [-0.2, 0) is 11.2 Å². The van der Waals surface area contributed by atoms with Crippen LogP contribution in [0.5, 0.6) is 5.75 Å². The minimum absolute atomic E-state index is 0.0609. The number of halogens is 3. The summed E-state index contributed by atoms with van der Waals surface area (Å²) in [5, 5.41) is 0.364. The zero-order valence-corrected chi connectivity index (χ0v) is 19.2. The van der Waals surface area contributed by atoms with Crippen LogP contribution in [0.15, 0.2) is 72.8 Å². The third kappa shape index (κ3) is 4.52. The van der Waals surface area contributed by atoms with Gasteiger partial charge in [-0.05, 0) is 11.6 Å². The van der Waals surface area contributed by atoms with Crippen LogP contribution in [0.1, 0.15) is 17.5 Å². The molecule has 0 fully saturated rings. The number of ether oxygens (including phenoxy) is 1. The largest absolute Gasteiger partial charge is 0.424 e. The molecule has 0 radical (unpaired) electrons. The van der Waals surface area contributed by atoms with E-state index in [1.165, 1.54) is 6.92 Å². The van der Waals surface area contributed by atoms with Crippen LogP contribution < -0.4 is 4.74 Å². The van der Waals surface area contributed by atoms with Gasteiger partial charge in [-0.15, -0.1) is 11.3 Å². The van der Waals surface area contributed by atoms with Crippen LogP contribution in [0.25, 0.3) is 32.7 Å². The quantitative estimate of drug-likeness (QED) is 0.197. The average molecular weight is 491 g/mol. The summed E-state index contributed by atoms with van der Waals surface area (Å²) in [6, 6.07) is 20.9. The molecule has 2 heterocycles. The predicted molar refractivity (Wildman–Crippen MR) is 129 cm³/mol. The summed E-state index contributed by atoms with van der Waals surface area (Å²) in [6.45, 7) is 1.30. The van der Waals surface area contributed by atoms with E-state index in [0.29, 0.717) is 28.0 Å². The third-order valence-corrected chi connectivity index (χ3v) is 6.38. The van der Waals surface area contributed by atoms with E-state index in [9.17, 15) is 18.0 Å². The van der Waals surface area contributed by atoms with Crippen molar-refractivity contribution in [2.24, 2.45) is 0 Å². The van der Waals surface area contributed by atoms with E-state index >= 15 is 0 Å². The zero-order valence-electron chi connectivity index (χ0n) is 18.4. The summed E-state index contributed by atoms with van der Waals surface area (Å²) in [6.07, 6.45) is 0.139. The molecule has 35 heavy (non-hydrogen) atoms. The van der Waals surface area contributed by atoms with E-state index in [1.54, 1.807) is 6.07 Å². The molecule has 4 nitrogen and oxygen atoms in total. The minimum Gasteiger partial charge on any atom is -0.424 e. The lowest BCUT2D eigenvalue weighted by atomic mass is 10.0. The number of thiazole rings is 1. The summed E-state index contributed by atoms with van der Waals surface area (Å²) in [5.41, 5.74) is 2.93. The molecule has 174 valence electrons. The van der Waals surface area contributed by atoms with Crippen LogP contribution in [0.4, 0.5) is 13.2 Å². The third-order valence-electron chi connectivity index (χ3n) is 5.32. The van der Waals surface area contributed by atoms with Gasteiger partial charge in [0.05, 0.1) is 15.4 Å². The Morgan fingerprint density at radius 2 is 1.49 bits per heavy atom. The Hall–Kier alpha value is -4.04. The zero-order chi connectivity index (χ0) is 24.5. The van der Waals surface area contributed by atoms with E-state index in [-0.39, 0.29) is 22.4 Å². The smallest absolute Gasteiger partial charge is 0.308 e. The predicted octanol–water partition coefficient (Wildman–Crippen LogP) is 6.96. The molecule has 0 aliphatic carbocycles. The van der Waals surface area contributed by atoms with E-state index in [4.69, 9.17) is 9.72 Å². The fraction of sp³-hybridized carbons (Fsp3) is 0.0741. The molecule has 0 amide bonds. The van der Waals surface area contributed by atoms with Crippen molar-refractivity contribution < 1.29 is 22.7 Å². The number of nitrogens with zero attached hydrogens (tertiary/aromatic N) is 2. The number of hydrogen-bond acceptors (Lipinski definition) is 5. The van der Waals surface area contributed by atoms with Gasteiger partial charge in [-0.2, -0.15) is 0 Å². The van der Waals surface area contributed by atoms with Gasteiger partial charge in [-0.25, -0.2) is 23.1 Å². The highest BCUT2D eigenvalue weighted by molar-refractivity contribution is 7.18. The molecule has 8 heteroatoms. The Morgan fingerprint density at radius 3 is 2.11 bits per heavy atom. The molecular weight excluding hydrogens is 473 g/mol. The Morgan fingerprint density at radius 1 is 0.857 bits per heavy atom. The van der Waals surface area contributed by atoms with Crippen molar-refractivity contribution in [3.63, 3.8) is 0 Å². The number of pyridine rings is 1. The monoisotopic (exact) mass is 490 g/mol. The standard InChI is InChI=1S/C27H17F3N2O2S/c1-15(33)34-21-12-18(13-22-31-26-23(30)19(28)14-20(29)27(26)35-22)24(16-8-4-2-5-9-16)32-25(21)17-10-6-3-7-11-17/h2-12,14H,13H2,1H3. The van der Waals surface area contributed by atoms with Crippen molar-refractivity contribution in [2.45, 2.75) is 13.3 Å². The summed E-state index contributed by atoms with van der Waals surface area (Å²) in [5.74, 6) is -3.61. The first-order valence-corrected chi connectivity index (χ1v) is 11.5.